The predicted octanol–water partition coefficient (Wildman–Crippen LogP) is 3.68. The number of hydrogen-bond donors (Lipinski definition) is 1. The average Bonchev–Trinajstić information content (AvgIpc) is 2.19. The van der Waals surface area contributed by atoms with Crippen molar-refractivity contribution in [1.29, 1.82) is 0 Å². The summed E-state index contributed by atoms with van der Waals surface area (Å²) in [4.78, 5) is 0. The molecule has 1 aromatic carbocycles. The van der Waals surface area contributed by atoms with E-state index in [1.165, 1.54) is 12.1 Å². The lowest BCUT2D eigenvalue weighted by Crippen LogP contribution is -1.95. The molecule has 0 aliphatic rings. The summed E-state index contributed by atoms with van der Waals surface area (Å²) in [5.41, 5.74) is 4.46. The molecule has 14 heavy (non-hydrogen) atoms. The molecule has 0 aromatic heterocycles. The summed E-state index contributed by atoms with van der Waals surface area (Å²) in [5, 5.41) is 4.17. The Kier molecular flexibility index (Phi) is 3.89. The van der Waals surface area contributed by atoms with Crippen LogP contribution in [0.2, 0.25) is 5.02 Å². The Hall–Kier alpha value is -1.09. The molecular formula is C10H12ClFN2. The van der Waals surface area contributed by atoms with Crippen molar-refractivity contribution in [3.05, 3.63) is 29.0 Å². The molecule has 0 aliphatic carbocycles. The van der Waals surface area contributed by atoms with E-state index in [4.69, 9.17) is 11.6 Å². The van der Waals surface area contributed by atoms with E-state index in [1.807, 2.05) is 13.8 Å². The fourth-order valence-corrected chi connectivity index (χ4v) is 0.985. The Balaban J connectivity index is 2.73. The van der Waals surface area contributed by atoms with Gasteiger partial charge in [-0.2, -0.15) is 5.10 Å². The van der Waals surface area contributed by atoms with Crippen LogP contribution in [-0.4, -0.2) is 5.71 Å². The van der Waals surface area contributed by atoms with Gasteiger partial charge in [-0.3, -0.25) is 5.43 Å². The van der Waals surface area contributed by atoms with Gasteiger partial charge in [0.2, 0.25) is 0 Å². The van der Waals surface area contributed by atoms with Gasteiger partial charge in [-0.15, -0.1) is 0 Å². The van der Waals surface area contributed by atoms with Gasteiger partial charge in [0.1, 0.15) is 5.82 Å². The average molecular weight is 215 g/mol. The van der Waals surface area contributed by atoms with Crippen molar-refractivity contribution in [2.75, 3.05) is 5.43 Å². The Bertz CT molecular complexity index is 350. The third kappa shape index (κ3) is 3.00. The predicted molar refractivity (Wildman–Crippen MR) is 58.4 cm³/mol. The largest absolute Gasteiger partial charge is 0.279 e. The van der Waals surface area contributed by atoms with Gasteiger partial charge in [0.15, 0.2) is 0 Å². The van der Waals surface area contributed by atoms with Crippen LogP contribution in [0.5, 0.6) is 0 Å². The Morgan fingerprint density at radius 3 is 2.86 bits per heavy atom. The van der Waals surface area contributed by atoms with Gasteiger partial charge in [0, 0.05) is 5.71 Å². The molecule has 0 aliphatic heterocycles. The van der Waals surface area contributed by atoms with E-state index in [9.17, 15) is 4.39 Å². The highest BCUT2D eigenvalue weighted by atomic mass is 35.5. The number of hydrazone groups is 1. The number of nitrogens with zero attached hydrogens (tertiary/aromatic N) is 1. The van der Waals surface area contributed by atoms with Crippen LogP contribution in [0.4, 0.5) is 10.1 Å². The maximum atomic E-state index is 12.8. The van der Waals surface area contributed by atoms with E-state index in [1.54, 1.807) is 6.07 Å². The molecule has 0 radical (unpaired) electrons. The monoisotopic (exact) mass is 214 g/mol. The molecule has 1 N–H and O–H groups in total. The van der Waals surface area contributed by atoms with E-state index >= 15 is 0 Å². The molecule has 0 atom stereocenters. The van der Waals surface area contributed by atoms with Crippen molar-refractivity contribution in [2.24, 2.45) is 5.10 Å². The van der Waals surface area contributed by atoms with Crippen LogP contribution >= 0.6 is 11.6 Å². The van der Waals surface area contributed by atoms with Crippen molar-refractivity contribution in [2.45, 2.75) is 20.3 Å². The third-order valence-corrected chi connectivity index (χ3v) is 2.10. The lowest BCUT2D eigenvalue weighted by Gasteiger charge is -2.02. The first-order chi connectivity index (χ1) is 6.63. The molecule has 0 saturated carbocycles. The SMILES string of the molecule is CC/C(C)=N\Nc1ccc(F)c(Cl)c1. The molecule has 76 valence electrons. The molecule has 0 amide bonds. The standard InChI is InChI=1S/C10H12ClFN2/c1-3-7(2)13-14-8-4-5-10(12)9(11)6-8/h4-6,14H,3H2,1-2H3/b13-7-. The first-order valence-corrected chi connectivity index (χ1v) is 4.75. The van der Waals surface area contributed by atoms with Crippen molar-refractivity contribution in [3.63, 3.8) is 0 Å². The molecular weight excluding hydrogens is 203 g/mol. The minimum absolute atomic E-state index is 0.0966. The van der Waals surface area contributed by atoms with Crippen LogP contribution in [-0.2, 0) is 0 Å². The zero-order valence-electron chi connectivity index (χ0n) is 8.14. The second-order valence-corrected chi connectivity index (χ2v) is 3.35. The Morgan fingerprint density at radius 1 is 1.57 bits per heavy atom. The number of nitrogens with one attached hydrogen (secondary N) is 1. The summed E-state index contributed by atoms with van der Waals surface area (Å²) in [5.74, 6) is -0.423. The number of halogens is 2. The van der Waals surface area contributed by atoms with Crippen molar-refractivity contribution in [1.82, 2.24) is 0 Å². The molecule has 0 spiro atoms. The van der Waals surface area contributed by atoms with Crippen molar-refractivity contribution in [3.8, 4) is 0 Å². The highest BCUT2D eigenvalue weighted by Gasteiger charge is 1.99. The van der Waals surface area contributed by atoms with Gasteiger partial charge in [-0.1, -0.05) is 18.5 Å². The molecule has 2 nitrogen and oxygen atoms in total. The number of benzene rings is 1. The van der Waals surface area contributed by atoms with Crippen molar-refractivity contribution < 1.29 is 4.39 Å². The zero-order valence-corrected chi connectivity index (χ0v) is 8.90. The van der Waals surface area contributed by atoms with Crippen LogP contribution in [0.3, 0.4) is 0 Å². The van der Waals surface area contributed by atoms with Crippen LogP contribution in [0.15, 0.2) is 23.3 Å². The molecule has 0 unspecified atom stereocenters. The molecule has 0 saturated heterocycles. The first-order valence-electron chi connectivity index (χ1n) is 4.37. The van der Waals surface area contributed by atoms with Crippen LogP contribution < -0.4 is 5.43 Å². The molecule has 4 heteroatoms. The lowest BCUT2D eigenvalue weighted by atomic mass is 10.3. The van der Waals surface area contributed by atoms with Gasteiger partial charge in [-0.05, 0) is 31.5 Å². The fraction of sp³-hybridized carbons (Fsp3) is 0.300. The smallest absolute Gasteiger partial charge is 0.141 e. The van der Waals surface area contributed by atoms with E-state index in [-0.39, 0.29) is 5.02 Å². The van der Waals surface area contributed by atoms with Gasteiger partial charge < -0.3 is 0 Å². The van der Waals surface area contributed by atoms with E-state index in [0.717, 1.165) is 12.1 Å². The quantitative estimate of drug-likeness (QED) is 0.603. The van der Waals surface area contributed by atoms with Crippen LogP contribution in [0, 0.1) is 5.82 Å². The third-order valence-electron chi connectivity index (χ3n) is 1.81. The number of hydrogen-bond acceptors (Lipinski definition) is 2. The summed E-state index contributed by atoms with van der Waals surface area (Å²) in [6.07, 6.45) is 0.877. The number of rotatable bonds is 3. The summed E-state index contributed by atoms with van der Waals surface area (Å²) in [6.45, 7) is 3.93. The lowest BCUT2D eigenvalue weighted by molar-refractivity contribution is 0.628. The molecule has 0 heterocycles. The fourth-order valence-electron chi connectivity index (χ4n) is 0.805. The summed E-state index contributed by atoms with van der Waals surface area (Å²) in [7, 11) is 0. The summed E-state index contributed by atoms with van der Waals surface area (Å²) >= 11 is 5.60. The first kappa shape index (κ1) is 11.0. The van der Waals surface area contributed by atoms with Crippen molar-refractivity contribution >= 4 is 23.0 Å². The normalized spacial score (nSPS) is 11.6. The topological polar surface area (TPSA) is 24.4 Å². The molecule has 1 rings (SSSR count). The van der Waals surface area contributed by atoms with Crippen LogP contribution in [0.25, 0.3) is 0 Å². The van der Waals surface area contributed by atoms with E-state index in [0.29, 0.717) is 5.69 Å². The highest BCUT2D eigenvalue weighted by molar-refractivity contribution is 6.31. The minimum atomic E-state index is -0.423. The zero-order chi connectivity index (χ0) is 10.6. The minimum Gasteiger partial charge on any atom is -0.279 e. The molecule has 1 aromatic rings. The maximum Gasteiger partial charge on any atom is 0.141 e. The Morgan fingerprint density at radius 2 is 2.29 bits per heavy atom. The second-order valence-electron chi connectivity index (χ2n) is 2.94. The van der Waals surface area contributed by atoms with Gasteiger partial charge >= 0.3 is 0 Å². The summed E-state index contributed by atoms with van der Waals surface area (Å²) < 4.78 is 12.8. The Labute approximate surface area is 87.8 Å². The molecule has 0 fully saturated rings. The highest BCUT2D eigenvalue weighted by Crippen LogP contribution is 2.19. The van der Waals surface area contributed by atoms with Gasteiger partial charge in [0.05, 0.1) is 10.7 Å². The van der Waals surface area contributed by atoms with Gasteiger partial charge in [-0.25, -0.2) is 4.39 Å². The van der Waals surface area contributed by atoms with Crippen LogP contribution in [0.1, 0.15) is 20.3 Å². The van der Waals surface area contributed by atoms with E-state index in [2.05, 4.69) is 10.5 Å². The maximum absolute atomic E-state index is 12.8. The van der Waals surface area contributed by atoms with E-state index < -0.39 is 5.82 Å². The molecule has 0 bridgehead atoms. The second kappa shape index (κ2) is 4.96. The summed E-state index contributed by atoms with van der Waals surface area (Å²) in [6, 6.07) is 4.40. The number of anilines is 1. The van der Waals surface area contributed by atoms with Gasteiger partial charge in [0.25, 0.3) is 0 Å².